The summed E-state index contributed by atoms with van der Waals surface area (Å²) in [4.78, 5) is 43.8. The molecule has 12 heteroatoms. The van der Waals surface area contributed by atoms with Crippen LogP contribution in [0.5, 0.6) is 0 Å². The van der Waals surface area contributed by atoms with E-state index in [1.54, 1.807) is 7.05 Å². The highest BCUT2D eigenvalue weighted by atomic mass is 16.1. The number of imidazole rings is 2. The molecule has 0 amide bonds. The Hall–Kier alpha value is -3.70. The molecule has 0 saturated heterocycles. The summed E-state index contributed by atoms with van der Waals surface area (Å²) < 4.78 is 3.77. The summed E-state index contributed by atoms with van der Waals surface area (Å²) in [5, 5.41) is 0. The number of nitrogens with one attached hydrogen (secondary N) is 1. The third-order valence-electron chi connectivity index (χ3n) is 3.72. The van der Waals surface area contributed by atoms with E-state index in [2.05, 4.69) is 24.9 Å². The molecule has 0 aliphatic rings. The van der Waals surface area contributed by atoms with Crippen molar-refractivity contribution in [3.63, 3.8) is 0 Å². The molecule has 0 atom stereocenters. The Balaban J connectivity index is 1.96. The molecule has 24 heavy (non-hydrogen) atoms. The van der Waals surface area contributed by atoms with Crippen molar-refractivity contribution in [2.45, 2.75) is 6.67 Å². The minimum Gasteiger partial charge on any atom is -0.369 e. The van der Waals surface area contributed by atoms with Gasteiger partial charge in [0.25, 0.3) is 11.1 Å². The molecule has 0 aliphatic heterocycles. The fourth-order valence-corrected chi connectivity index (χ4v) is 2.50. The van der Waals surface area contributed by atoms with Crippen molar-refractivity contribution in [2.24, 2.45) is 7.05 Å². The van der Waals surface area contributed by atoms with Crippen molar-refractivity contribution < 1.29 is 0 Å². The first-order valence-electron chi connectivity index (χ1n) is 6.84. The second kappa shape index (κ2) is 4.65. The van der Waals surface area contributed by atoms with Gasteiger partial charge in [-0.25, -0.2) is 9.97 Å². The molecule has 0 unspecified atom stereocenters. The average Bonchev–Trinajstić information content (AvgIpc) is 3.13. The zero-order valence-electron chi connectivity index (χ0n) is 12.5. The van der Waals surface area contributed by atoms with E-state index >= 15 is 0 Å². The van der Waals surface area contributed by atoms with E-state index in [1.807, 2.05) is 0 Å². The van der Waals surface area contributed by atoms with E-state index in [0.717, 1.165) is 9.13 Å². The van der Waals surface area contributed by atoms with Gasteiger partial charge in [-0.2, -0.15) is 9.97 Å². The summed E-state index contributed by atoms with van der Waals surface area (Å²) >= 11 is 0. The number of aromatic nitrogens is 8. The van der Waals surface area contributed by atoms with Crippen molar-refractivity contribution in [1.82, 2.24) is 38.6 Å². The molecule has 4 heterocycles. The van der Waals surface area contributed by atoms with E-state index < -0.39 is 11.1 Å². The molecule has 0 aromatic carbocycles. The van der Waals surface area contributed by atoms with Crippen LogP contribution in [0.3, 0.4) is 0 Å². The maximum absolute atomic E-state index is 12.7. The van der Waals surface area contributed by atoms with Crippen LogP contribution in [0.1, 0.15) is 0 Å². The number of nitrogen functional groups attached to an aromatic ring is 2. The number of anilines is 2. The first-order chi connectivity index (χ1) is 11.5. The van der Waals surface area contributed by atoms with Crippen LogP contribution in [0, 0.1) is 0 Å². The Morgan fingerprint density at radius 3 is 2.46 bits per heavy atom. The molecule has 0 radical (unpaired) electrons. The fourth-order valence-electron chi connectivity index (χ4n) is 2.50. The molecule has 0 saturated carbocycles. The van der Waals surface area contributed by atoms with Gasteiger partial charge in [-0.15, -0.1) is 0 Å². The summed E-state index contributed by atoms with van der Waals surface area (Å²) in [5.74, 6) is -0.168. The largest absolute Gasteiger partial charge is 0.369 e. The third-order valence-corrected chi connectivity index (χ3v) is 3.72. The van der Waals surface area contributed by atoms with Crippen molar-refractivity contribution in [2.75, 3.05) is 11.5 Å². The topological polar surface area (TPSA) is 168 Å². The number of aromatic amines is 1. The predicted molar refractivity (Wildman–Crippen MR) is 85.1 cm³/mol. The van der Waals surface area contributed by atoms with Gasteiger partial charge in [-0.05, 0) is 0 Å². The third kappa shape index (κ3) is 1.79. The molecule has 4 aromatic heterocycles. The minimum absolute atomic E-state index is 0.0813. The SMILES string of the molecule is Cn1cnc2nc(N)n(Cn3c(N)nc4nc[nH]c4c3=O)c(=O)c21. The first kappa shape index (κ1) is 13.9. The maximum Gasteiger partial charge on any atom is 0.282 e. The second-order valence-electron chi connectivity index (χ2n) is 5.18. The number of H-pyrrole nitrogens is 1. The van der Waals surface area contributed by atoms with Gasteiger partial charge < -0.3 is 21.0 Å². The molecule has 122 valence electrons. The van der Waals surface area contributed by atoms with Crippen LogP contribution in [0.15, 0.2) is 22.2 Å². The highest BCUT2D eigenvalue weighted by molar-refractivity contribution is 5.71. The van der Waals surface area contributed by atoms with Crippen molar-refractivity contribution in [1.29, 1.82) is 0 Å². The predicted octanol–water partition coefficient (Wildman–Crippen LogP) is -1.77. The zero-order valence-corrected chi connectivity index (χ0v) is 12.5. The summed E-state index contributed by atoms with van der Waals surface area (Å²) in [6.07, 6.45) is 2.80. The monoisotopic (exact) mass is 328 g/mol. The van der Waals surface area contributed by atoms with Gasteiger partial charge in [0.2, 0.25) is 11.9 Å². The van der Waals surface area contributed by atoms with Crippen molar-refractivity contribution >= 4 is 34.2 Å². The molecule has 5 N–H and O–H groups in total. The summed E-state index contributed by atoms with van der Waals surface area (Å²) in [6, 6.07) is 0. The van der Waals surface area contributed by atoms with Crippen LogP contribution < -0.4 is 22.6 Å². The normalized spacial score (nSPS) is 11.5. The van der Waals surface area contributed by atoms with Gasteiger partial charge in [0.15, 0.2) is 22.3 Å². The minimum atomic E-state index is -0.466. The maximum atomic E-state index is 12.7. The number of nitrogens with zero attached hydrogens (tertiary/aromatic N) is 7. The summed E-state index contributed by atoms with van der Waals surface area (Å²) in [6.45, 7) is -0.231. The van der Waals surface area contributed by atoms with Gasteiger partial charge in [0.1, 0.15) is 6.67 Å². The molecular weight excluding hydrogens is 316 g/mol. The average molecular weight is 328 g/mol. The number of nitrogens with two attached hydrogens (primary N) is 2. The Labute approximate surface area is 132 Å². The van der Waals surface area contributed by atoms with Gasteiger partial charge in [0.05, 0.1) is 12.7 Å². The van der Waals surface area contributed by atoms with Crippen LogP contribution in [-0.2, 0) is 13.7 Å². The molecule has 0 aliphatic carbocycles. The summed E-state index contributed by atoms with van der Waals surface area (Å²) in [7, 11) is 1.66. The van der Waals surface area contributed by atoms with E-state index in [1.165, 1.54) is 17.2 Å². The highest BCUT2D eigenvalue weighted by Crippen LogP contribution is 2.09. The van der Waals surface area contributed by atoms with Crippen LogP contribution in [0.2, 0.25) is 0 Å². The highest BCUT2D eigenvalue weighted by Gasteiger charge is 2.16. The van der Waals surface area contributed by atoms with Crippen LogP contribution in [0.4, 0.5) is 11.9 Å². The van der Waals surface area contributed by atoms with Crippen molar-refractivity contribution in [3.05, 3.63) is 33.4 Å². The molecule has 4 rings (SSSR count). The Bertz CT molecular complexity index is 1210. The van der Waals surface area contributed by atoms with Crippen LogP contribution in [0.25, 0.3) is 22.3 Å². The first-order valence-corrected chi connectivity index (χ1v) is 6.84. The zero-order chi connectivity index (χ0) is 17.0. The van der Waals surface area contributed by atoms with Crippen LogP contribution in [-0.4, -0.2) is 38.6 Å². The van der Waals surface area contributed by atoms with E-state index in [-0.39, 0.29) is 40.9 Å². The van der Waals surface area contributed by atoms with Gasteiger partial charge in [-0.1, -0.05) is 0 Å². The molecule has 4 aromatic rings. The van der Waals surface area contributed by atoms with E-state index in [4.69, 9.17) is 11.5 Å². The van der Waals surface area contributed by atoms with E-state index in [0.29, 0.717) is 0 Å². The number of fused-ring (bicyclic) bond motifs is 2. The quantitative estimate of drug-likeness (QED) is 0.388. The fraction of sp³-hybridized carbons (Fsp3) is 0.167. The number of hydrogen-bond donors (Lipinski definition) is 3. The number of aryl methyl sites for hydroxylation is 1. The lowest BCUT2D eigenvalue weighted by molar-refractivity contribution is 0.578. The lowest BCUT2D eigenvalue weighted by atomic mass is 10.5. The second-order valence-corrected chi connectivity index (χ2v) is 5.18. The molecule has 0 spiro atoms. The lowest BCUT2D eigenvalue weighted by Gasteiger charge is -2.12. The smallest absolute Gasteiger partial charge is 0.282 e. The molecule has 0 bridgehead atoms. The van der Waals surface area contributed by atoms with E-state index in [9.17, 15) is 9.59 Å². The van der Waals surface area contributed by atoms with Gasteiger partial charge in [0, 0.05) is 7.05 Å². The lowest BCUT2D eigenvalue weighted by Crippen LogP contribution is -2.34. The van der Waals surface area contributed by atoms with Crippen molar-refractivity contribution in [3.8, 4) is 0 Å². The standard InChI is InChI=1S/C12H12N10O2/c1-20-3-17-8-6(20)10(24)22(12(14)19-8)4-21-9(23)5-7(16-2-15-5)18-11(21)13/h2-3H,4H2,1H3,(H2,13,18)(H2,14,19)(H,15,16). The Kier molecular flexibility index (Phi) is 2.70. The Morgan fingerprint density at radius 2 is 1.71 bits per heavy atom. The molecule has 12 nitrogen and oxygen atoms in total. The number of hydrogen-bond acceptors (Lipinski definition) is 8. The van der Waals surface area contributed by atoms with Gasteiger partial charge in [-0.3, -0.25) is 18.7 Å². The van der Waals surface area contributed by atoms with Crippen LogP contribution >= 0.6 is 0 Å². The van der Waals surface area contributed by atoms with Gasteiger partial charge >= 0.3 is 0 Å². The Morgan fingerprint density at radius 1 is 1.04 bits per heavy atom. The summed E-state index contributed by atoms with van der Waals surface area (Å²) in [5.41, 5.74) is 11.7. The molecule has 0 fully saturated rings. The number of rotatable bonds is 2. The molecular formula is C12H12N10O2.